The van der Waals surface area contributed by atoms with Crippen molar-refractivity contribution >= 4 is 17.4 Å². The van der Waals surface area contributed by atoms with Crippen molar-refractivity contribution in [2.45, 2.75) is 31.9 Å². The van der Waals surface area contributed by atoms with Crippen LogP contribution in [0.15, 0.2) is 30.6 Å². The number of hydrogen-bond acceptors (Lipinski definition) is 6. The molecule has 8 nitrogen and oxygen atoms in total. The number of rotatable bonds is 5. The fraction of sp³-hybridized carbons (Fsp3) is 0.316. The topological polar surface area (TPSA) is 115 Å². The van der Waals surface area contributed by atoms with Gasteiger partial charge in [0.1, 0.15) is 28.5 Å². The van der Waals surface area contributed by atoms with Crippen molar-refractivity contribution in [2.24, 2.45) is 5.73 Å². The Morgan fingerprint density at radius 1 is 1.54 bits per heavy atom. The third kappa shape index (κ3) is 3.03. The van der Waals surface area contributed by atoms with Crippen molar-refractivity contribution in [1.29, 1.82) is 0 Å². The number of carboxylic acids is 1. The average molecular weight is 385 g/mol. The number of nitrogens with zero attached hydrogens (tertiary/aromatic N) is 3. The summed E-state index contributed by atoms with van der Waals surface area (Å²) in [7, 11) is 0. The molecule has 0 spiro atoms. The zero-order valence-corrected chi connectivity index (χ0v) is 15.4. The number of aromatic carboxylic acids is 1. The van der Waals surface area contributed by atoms with E-state index in [0.717, 1.165) is 5.56 Å². The molecule has 0 unspecified atom stereocenters. The Kier molecular flexibility index (Phi) is 4.19. The molecule has 1 aliphatic heterocycles. The molecular formula is C19H20FN5O3. The number of hydrogen-bond donors (Lipinski definition) is 3. The molecule has 1 aromatic carbocycles. The number of carboxylic acid groups (broad SMARTS) is 1. The van der Waals surface area contributed by atoms with Gasteiger partial charge in [-0.05, 0) is 32.0 Å². The fourth-order valence-corrected chi connectivity index (χ4v) is 3.45. The van der Waals surface area contributed by atoms with E-state index < -0.39 is 11.6 Å². The van der Waals surface area contributed by atoms with E-state index in [1.165, 1.54) is 22.8 Å². The summed E-state index contributed by atoms with van der Waals surface area (Å²) in [5.41, 5.74) is 6.92. The van der Waals surface area contributed by atoms with Crippen LogP contribution in [0.1, 0.15) is 41.4 Å². The van der Waals surface area contributed by atoms with E-state index in [0.29, 0.717) is 30.1 Å². The van der Waals surface area contributed by atoms with Gasteiger partial charge in [-0.15, -0.1) is 0 Å². The molecule has 0 saturated heterocycles. The number of halogens is 1. The molecule has 1 aliphatic rings. The van der Waals surface area contributed by atoms with E-state index in [1.807, 2.05) is 13.8 Å². The Hall–Kier alpha value is -3.20. The summed E-state index contributed by atoms with van der Waals surface area (Å²) in [6.45, 7) is 4.08. The minimum atomic E-state index is -1.11. The zero-order valence-electron chi connectivity index (χ0n) is 15.4. The number of benzene rings is 1. The highest BCUT2D eigenvalue weighted by atomic mass is 19.1. The van der Waals surface area contributed by atoms with Gasteiger partial charge in [0, 0.05) is 30.3 Å². The maximum absolute atomic E-state index is 14.2. The molecule has 3 heterocycles. The lowest BCUT2D eigenvalue weighted by molar-refractivity contribution is 0.0698. The Morgan fingerprint density at radius 3 is 3.04 bits per heavy atom. The van der Waals surface area contributed by atoms with Crippen LogP contribution in [0.2, 0.25) is 0 Å². The number of ether oxygens (including phenoxy) is 1. The van der Waals surface area contributed by atoms with Crippen molar-refractivity contribution in [1.82, 2.24) is 14.6 Å². The van der Waals surface area contributed by atoms with Gasteiger partial charge < -0.3 is 20.9 Å². The van der Waals surface area contributed by atoms with Crippen molar-refractivity contribution in [3.05, 3.63) is 53.1 Å². The maximum Gasteiger partial charge on any atom is 0.341 e. The lowest BCUT2D eigenvalue weighted by Gasteiger charge is -2.23. The van der Waals surface area contributed by atoms with Crippen LogP contribution in [-0.2, 0) is 6.42 Å². The minimum absolute atomic E-state index is 0.00463. The molecule has 2 atom stereocenters. The molecule has 9 heteroatoms. The molecule has 4 N–H and O–H groups in total. The molecule has 146 valence electrons. The van der Waals surface area contributed by atoms with Crippen molar-refractivity contribution < 1.29 is 19.0 Å². The molecule has 0 radical (unpaired) electrons. The third-order valence-electron chi connectivity index (χ3n) is 4.93. The number of carbonyl (C=O) groups is 1. The normalized spacial score (nSPS) is 19.3. The SMILES string of the molecule is C[C@@H](Nc1ccn2ncc(C(=O)O)c2n1)c1cc(F)cc2c1O[C@](C)(CN)C2. The zero-order chi connectivity index (χ0) is 20.1. The van der Waals surface area contributed by atoms with Gasteiger partial charge in [-0.1, -0.05) is 0 Å². The molecule has 3 aromatic rings. The lowest BCUT2D eigenvalue weighted by Crippen LogP contribution is -2.39. The van der Waals surface area contributed by atoms with Crippen LogP contribution in [0.3, 0.4) is 0 Å². The first-order valence-electron chi connectivity index (χ1n) is 8.85. The first kappa shape index (κ1) is 18.2. The summed E-state index contributed by atoms with van der Waals surface area (Å²) in [6.07, 6.45) is 3.40. The number of anilines is 1. The van der Waals surface area contributed by atoms with Crippen molar-refractivity contribution in [3.8, 4) is 5.75 Å². The van der Waals surface area contributed by atoms with Gasteiger partial charge in [-0.25, -0.2) is 18.7 Å². The van der Waals surface area contributed by atoms with E-state index in [4.69, 9.17) is 10.5 Å². The number of fused-ring (bicyclic) bond motifs is 2. The van der Waals surface area contributed by atoms with Gasteiger partial charge in [0.15, 0.2) is 5.65 Å². The second kappa shape index (κ2) is 6.45. The van der Waals surface area contributed by atoms with Crippen molar-refractivity contribution in [3.63, 3.8) is 0 Å². The van der Waals surface area contributed by atoms with Gasteiger partial charge in [-0.3, -0.25) is 0 Å². The van der Waals surface area contributed by atoms with Crippen LogP contribution in [-0.4, -0.2) is 37.8 Å². The number of aromatic nitrogens is 3. The highest BCUT2D eigenvalue weighted by Crippen LogP contribution is 2.41. The average Bonchev–Trinajstić information content (AvgIpc) is 3.21. The Labute approximate surface area is 160 Å². The predicted octanol–water partition coefficient (Wildman–Crippen LogP) is 2.39. The molecule has 4 rings (SSSR count). The van der Waals surface area contributed by atoms with Gasteiger partial charge in [0.25, 0.3) is 0 Å². The van der Waals surface area contributed by atoms with Crippen LogP contribution < -0.4 is 15.8 Å². The summed E-state index contributed by atoms with van der Waals surface area (Å²) in [4.78, 5) is 15.6. The standard InChI is InChI=1S/C19H20FN5O3/c1-10(13-6-12(20)5-11-7-19(2,9-21)28-16(11)13)23-15-3-4-25-17(24-15)14(8-22-25)18(26)27/h3-6,8,10H,7,9,21H2,1-2H3,(H,23,24)(H,26,27)/t10-,19+/m1/s1. The summed E-state index contributed by atoms with van der Waals surface area (Å²) >= 11 is 0. The van der Waals surface area contributed by atoms with Gasteiger partial charge in [0.2, 0.25) is 0 Å². The summed E-state index contributed by atoms with van der Waals surface area (Å²) < 4.78 is 21.6. The maximum atomic E-state index is 14.2. The van der Waals surface area contributed by atoms with E-state index in [-0.39, 0.29) is 23.1 Å². The van der Waals surface area contributed by atoms with Crippen LogP contribution in [0.5, 0.6) is 5.75 Å². The van der Waals surface area contributed by atoms with E-state index >= 15 is 0 Å². The van der Waals surface area contributed by atoms with Crippen molar-refractivity contribution in [2.75, 3.05) is 11.9 Å². The first-order valence-corrected chi connectivity index (χ1v) is 8.85. The fourth-order valence-electron chi connectivity index (χ4n) is 3.45. The number of nitrogens with one attached hydrogen (secondary N) is 1. The molecule has 0 fully saturated rings. The molecule has 2 aromatic heterocycles. The third-order valence-corrected chi connectivity index (χ3v) is 4.93. The summed E-state index contributed by atoms with van der Waals surface area (Å²) in [5, 5.41) is 16.4. The summed E-state index contributed by atoms with van der Waals surface area (Å²) in [5.74, 6) is -0.378. The van der Waals surface area contributed by atoms with E-state index in [9.17, 15) is 14.3 Å². The minimum Gasteiger partial charge on any atom is -0.485 e. The van der Waals surface area contributed by atoms with E-state index in [1.54, 1.807) is 12.3 Å². The Bertz CT molecular complexity index is 1080. The van der Waals surface area contributed by atoms with Gasteiger partial charge in [0.05, 0.1) is 12.2 Å². The second-order valence-corrected chi connectivity index (χ2v) is 7.23. The van der Waals surface area contributed by atoms with Crippen LogP contribution in [0, 0.1) is 5.82 Å². The molecule has 0 aliphatic carbocycles. The highest BCUT2D eigenvalue weighted by molar-refractivity contribution is 5.94. The van der Waals surface area contributed by atoms with Gasteiger partial charge >= 0.3 is 5.97 Å². The van der Waals surface area contributed by atoms with Crippen LogP contribution >= 0.6 is 0 Å². The van der Waals surface area contributed by atoms with Crippen LogP contribution in [0.4, 0.5) is 10.2 Å². The lowest BCUT2D eigenvalue weighted by atomic mass is 9.97. The first-order chi connectivity index (χ1) is 13.3. The Balaban J connectivity index is 1.67. The molecule has 0 bridgehead atoms. The Morgan fingerprint density at radius 2 is 2.32 bits per heavy atom. The predicted molar refractivity (Wildman–Crippen MR) is 100 cm³/mol. The van der Waals surface area contributed by atoms with Crippen LogP contribution in [0.25, 0.3) is 5.65 Å². The second-order valence-electron chi connectivity index (χ2n) is 7.23. The highest BCUT2D eigenvalue weighted by Gasteiger charge is 2.36. The smallest absolute Gasteiger partial charge is 0.341 e. The molecular weight excluding hydrogens is 365 g/mol. The number of nitrogens with two attached hydrogens (primary N) is 1. The van der Waals surface area contributed by atoms with Gasteiger partial charge in [-0.2, -0.15) is 5.10 Å². The quantitative estimate of drug-likeness (QED) is 0.618. The molecule has 28 heavy (non-hydrogen) atoms. The monoisotopic (exact) mass is 385 g/mol. The van der Waals surface area contributed by atoms with E-state index in [2.05, 4.69) is 15.4 Å². The molecule has 0 saturated carbocycles. The molecule has 0 amide bonds. The largest absolute Gasteiger partial charge is 0.485 e. The summed E-state index contributed by atoms with van der Waals surface area (Å²) in [6, 6.07) is 4.24.